The number of nitrogens with zero attached hydrogens (tertiary/aromatic N) is 2. The fraction of sp³-hybridized carbons (Fsp3) is 0.833. The summed E-state index contributed by atoms with van der Waals surface area (Å²) in [6, 6.07) is -0.329. The lowest BCUT2D eigenvalue weighted by molar-refractivity contribution is -0.135. The molecule has 2 saturated heterocycles. The topological polar surface area (TPSA) is 78.7 Å². The SMILES string of the molecule is CCC(C)C(N)C(=O)N1CCN2C(=O)NCC2C1.Cl. The summed E-state index contributed by atoms with van der Waals surface area (Å²) < 4.78 is 0. The average Bonchev–Trinajstić information content (AvgIpc) is 2.77. The number of piperazine rings is 1. The van der Waals surface area contributed by atoms with Crippen molar-refractivity contribution < 1.29 is 9.59 Å². The first-order chi connectivity index (χ1) is 8.54. The second-order valence-electron chi connectivity index (χ2n) is 5.23. The average molecular weight is 291 g/mol. The van der Waals surface area contributed by atoms with Gasteiger partial charge in [-0.1, -0.05) is 20.3 Å². The predicted molar refractivity (Wildman–Crippen MR) is 75.2 cm³/mol. The van der Waals surface area contributed by atoms with Crippen LogP contribution in [0.3, 0.4) is 0 Å². The zero-order chi connectivity index (χ0) is 13.3. The molecule has 7 heteroatoms. The van der Waals surface area contributed by atoms with E-state index in [-0.39, 0.29) is 36.3 Å². The number of nitrogens with two attached hydrogens (primary N) is 1. The van der Waals surface area contributed by atoms with Gasteiger partial charge in [0.15, 0.2) is 0 Å². The predicted octanol–water partition coefficient (Wildman–Crippen LogP) is 0.0176. The van der Waals surface area contributed by atoms with Crippen LogP contribution in [0.15, 0.2) is 0 Å². The first-order valence-corrected chi connectivity index (χ1v) is 6.63. The van der Waals surface area contributed by atoms with E-state index in [1.807, 2.05) is 13.8 Å². The Morgan fingerprint density at radius 2 is 2.21 bits per heavy atom. The second kappa shape index (κ2) is 6.43. The fourth-order valence-electron chi connectivity index (χ4n) is 2.51. The minimum absolute atomic E-state index is 0. The van der Waals surface area contributed by atoms with E-state index in [4.69, 9.17) is 5.73 Å². The van der Waals surface area contributed by atoms with Crippen LogP contribution in [0.25, 0.3) is 0 Å². The second-order valence-corrected chi connectivity index (χ2v) is 5.23. The van der Waals surface area contributed by atoms with Crippen LogP contribution < -0.4 is 11.1 Å². The summed E-state index contributed by atoms with van der Waals surface area (Å²) in [5.41, 5.74) is 5.98. The molecule has 2 aliphatic rings. The Kier molecular flexibility index (Phi) is 5.43. The van der Waals surface area contributed by atoms with Crippen molar-refractivity contribution in [1.82, 2.24) is 15.1 Å². The Hall–Kier alpha value is -1.01. The Morgan fingerprint density at radius 1 is 1.53 bits per heavy atom. The van der Waals surface area contributed by atoms with E-state index in [1.54, 1.807) is 9.80 Å². The van der Waals surface area contributed by atoms with E-state index < -0.39 is 6.04 Å². The zero-order valence-electron chi connectivity index (χ0n) is 11.5. The van der Waals surface area contributed by atoms with Crippen molar-refractivity contribution in [3.05, 3.63) is 0 Å². The normalized spacial score (nSPS) is 25.2. The Bertz CT molecular complexity index is 353. The molecule has 0 radical (unpaired) electrons. The molecule has 0 bridgehead atoms. The zero-order valence-corrected chi connectivity index (χ0v) is 12.3. The molecule has 2 rings (SSSR count). The minimum Gasteiger partial charge on any atom is -0.337 e. The van der Waals surface area contributed by atoms with Crippen molar-refractivity contribution in [3.8, 4) is 0 Å². The van der Waals surface area contributed by atoms with E-state index in [9.17, 15) is 9.59 Å². The molecule has 3 atom stereocenters. The molecule has 110 valence electrons. The maximum atomic E-state index is 12.2. The Morgan fingerprint density at radius 3 is 2.84 bits per heavy atom. The van der Waals surface area contributed by atoms with Gasteiger partial charge in [-0.2, -0.15) is 0 Å². The van der Waals surface area contributed by atoms with Crippen LogP contribution in [0.2, 0.25) is 0 Å². The van der Waals surface area contributed by atoms with Crippen molar-refractivity contribution in [3.63, 3.8) is 0 Å². The van der Waals surface area contributed by atoms with Gasteiger partial charge in [0, 0.05) is 26.2 Å². The number of hydrogen-bond acceptors (Lipinski definition) is 3. The molecule has 0 aromatic carbocycles. The maximum Gasteiger partial charge on any atom is 0.317 e. The van der Waals surface area contributed by atoms with Gasteiger partial charge in [-0.25, -0.2) is 4.79 Å². The summed E-state index contributed by atoms with van der Waals surface area (Å²) in [5.74, 6) is 0.210. The highest BCUT2D eigenvalue weighted by atomic mass is 35.5. The van der Waals surface area contributed by atoms with Gasteiger partial charge in [-0.3, -0.25) is 4.79 Å². The van der Waals surface area contributed by atoms with E-state index in [0.29, 0.717) is 26.2 Å². The smallest absolute Gasteiger partial charge is 0.317 e. The van der Waals surface area contributed by atoms with Gasteiger partial charge in [0.25, 0.3) is 0 Å². The molecule has 0 aromatic heterocycles. The molecule has 2 heterocycles. The Balaban J connectivity index is 0.00000180. The van der Waals surface area contributed by atoms with Crippen LogP contribution in [-0.2, 0) is 4.79 Å². The number of fused-ring (bicyclic) bond motifs is 1. The van der Waals surface area contributed by atoms with Crippen molar-refractivity contribution in [1.29, 1.82) is 0 Å². The molecule has 19 heavy (non-hydrogen) atoms. The van der Waals surface area contributed by atoms with Gasteiger partial charge in [-0.05, 0) is 5.92 Å². The monoisotopic (exact) mass is 290 g/mol. The number of carbonyl (C=O) groups excluding carboxylic acids is 2. The molecule has 6 nitrogen and oxygen atoms in total. The molecule has 3 unspecified atom stereocenters. The first-order valence-electron chi connectivity index (χ1n) is 6.63. The summed E-state index contributed by atoms with van der Waals surface area (Å²) >= 11 is 0. The van der Waals surface area contributed by atoms with Gasteiger partial charge in [0.2, 0.25) is 5.91 Å². The van der Waals surface area contributed by atoms with Crippen LogP contribution in [-0.4, -0.2) is 60.0 Å². The molecular formula is C12H23ClN4O2. The van der Waals surface area contributed by atoms with Crippen molar-refractivity contribution >= 4 is 24.3 Å². The molecule has 3 amide bonds. The summed E-state index contributed by atoms with van der Waals surface area (Å²) in [4.78, 5) is 27.3. The van der Waals surface area contributed by atoms with Gasteiger partial charge in [-0.15, -0.1) is 12.4 Å². The summed E-state index contributed by atoms with van der Waals surface area (Å²) in [5, 5.41) is 2.80. The third kappa shape index (κ3) is 3.12. The van der Waals surface area contributed by atoms with Crippen LogP contribution in [0.1, 0.15) is 20.3 Å². The third-order valence-electron chi connectivity index (χ3n) is 4.09. The highest BCUT2D eigenvalue weighted by molar-refractivity contribution is 5.85. The molecule has 2 aliphatic heterocycles. The summed E-state index contributed by atoms with van der Waals surface area (Å²) in [6.45, 7) is 6.46. The van der Waals surface area contributed by atoms with Crippen LogP contribution >= 0.6 is 12.4 Å². The number of rotatable bonds is 3. The summed E-state index contributed by atoms with van der Waals surface area (Å²) in [7, 11) is 0. The molecule has 0 aromatic rings. The molecule has 2 fully saturated rings. The number of urea groups is 1. The van der Waals surface area contributed by atoms with Gasteiger partial charge < -0.3 is 20.9 Å². The van der Waals surface area contributed by atoms with Crippen molar-refractivity contribution in [2.45, 2.75) is 32.4 Å². The molecule has 0 aliphatic carbocycles. The van der Waals surface area contributed by atoms with Gasteiger partial charge >= 0.3 is 6.03 Å². The highest BCUT2D eigenvalue weighted by Gasteiger charge is 2.38. The lowest BCUT2D eigenvalue weighted by Gasteiger charge is -2.38. The van der Waals surface area contributed by atoms with Gasteiger partial charge in [0.05, 0.1) is 12.1 Å². The standard InChI is InChI=1S/C12H22N4O2.ClH/c1-3-8(2)10(13)11(17)15-4-5-16-9(7-15)6-14-12(16)18;/h8-10H,3-7,13H2,1-2H3,(H,14,18);1H. The van der Waals surface area contributed by atoms with Crippen LogP contribution in [0.4, 0.5) is 4.79 Å². The quantitative estimate of drug-likeness (QED) is 0.769. The van der Waals surface area contributed by atoms with E-state index in [1.165, 1.54) is 0 Å². The summed E-state index contributed by atoms with van der Waals surface area (Å²) in [6.07, 6.45) is 0.899. The lowest BCUT2D eigenvalue weighted by Crippen LogP contribution is -2.57. The largest absolute Gasteiger partial charge is 0.337 e. The minimum atomic E-state index is -0.424. The van der Waals surface area contributed by atoms with E-state index >= 15 is 0 Å². The number of carbonyl (C=O) groups is 2. The van der Waals surface area contributed by atoms with Crippen LogP contribution in [0, 0.1) is 5.92 Å². The van der Waals surface area contributed by atoms with Gasteiger partial charge in [0.1, 0.15) is 0 Å². The fourth-order valence-corrected chi connectivity index (χ4v) is 2.51. The molecule has 0 spiro atoms. The van der Waals surface area contributed by atoms with E-state index in [2.05, 4.69) is 5.32 Å². The molecular weight excluding hydrogens is 268 g/mol. The van der Waals surface area contributed by atoms with E-state index in [0.717, 1.165) is 6.42 Å². The third-order valence-corrected chi connectivity index (χ3v) is 4.09. The van der Waals surface area contributed by atoms with Crippen molar-refractivity contribution in [2.24, 2.45) is 11.7 Å². The maximum absolute atomic E-state index is 12.2. The van der Waals surface area contributed by atoms with Crippen LogP contribution in [0.5, 0.6) is 0 Å². The highest BCUT2D eigenvalue weighted by Crippen LogP contribution is 2.16. The lowest BCUT2D eigenvalue weighted by atomic mass is 9.98. The number of halogens is 1. The number of nitrogens with one attached hydrogen (secondary N) is 1. The number of hydrogen-bond donors (Lipinski definition) is 2. The molecule has 0 saturated carbocycles. The van der Waals surface area contributed by atoms with Crippen molar-refractivity contribution in [2.75, 3.05) is 26.2 Å². The number of amides is 3. The Labute approximate surface area is 120 Å². The molecule has 3 N–H and O–H groups in total. The first kappa shape index (κ1) is 16.0.